The number of benzene rings is 2. The summed E-state index contributed by atoms with van der Waals surface area (Å²) in [6, 6.07) is 17.6. The second kappa shape index (κ2) is 7.27. The van der Waals surface area contributed by atoms with Crippen LogP contribution in [0.4, 0.5) is 0 Å². The van der Waals surface area contributed by atoms with E-state index in [1.807, 2.05) is 36.4 Å². The molecule has 0 unspecified atom stereocenters. The van der Waals surface area contributed by atoms with Gasteiger partial charge in [-0.25, -0.2) is 0 Å². The highest BCUT2D eigenvalue weighted by Crippen LogP contribution is 2.28. The van der Waals surface area contributed by atoms with Crippen LogP contribution in [0.15, 0.2) is 59.6 Å². The minimum atomic E-state index is 0.635. The topological polar surface area (TPSA) is 43.1 Å². The number of aromatic nitrogens is 4. The van der Waals surface area contributed by atoms with E-state index in [9.17, 15) is 0 Å². The molecule has 0 aliphatic rings. The van der Waals surface area contributed by atoms with Gasteiger partial charge in [0.2, 0.25) is 0 Å². The van der Waals surface area contributed by atoms with Crippen LogP contribution in [0.25, 0.3) is 17.0 Å². The van der Waals surface area contributed by atoms with E-state index in [1.165, 1.54) is 5.56 Å². The van der Waals surface area contributed by atoms with Crippen molar-refractivity contribution in [2.75, 3.05) is 0 Å². The Balaban J connectivity index is 1.62. The summed E-state index contributed by atoms with van der Waals surface area (Å²) in [7, 11) is 0. The van der Waals surface area contributed by atoms with E-state index in [-0.39, 0.29) is 0 Å². The lowest BCUT2D eigenvalue weighted by molar-refractivity contribution is 0.860. The van der Waals surface area contributed by atoms with Gasteiger partial charge in [-0.1, -0.05) is 70.9 Å². The number of rotatable bonds is 4. The molecule has 2 heterocycles. The van der Waals surface area contributed by atoms with E-state index in [0.29, 0.717) is 15.8 Å². The van der Waals surface area contributed by atoms with Gasteiger partial charge in [0.05, 0.1) is 0 Å². The zero-order valence-corrected chi connectivity index (χ0v) is 16.2. The van der Waals surface area contributed by atoms with Crippen molar-refractivity contribution in [1.82, 2.24) is 19.8 Å². The first-order chi connectivity index (χ1) is 12.6. The number of nitrogens with zero attached hydrogens (tertiary/aromatic N) is 4. The molecule has 0 aliphatic carbocycles. The molecule has 4 rings (SSSR count). The molecule has 2 aromatic carbocycles. The molecule has 0 fully saturated rings. The molecule has 4 nitrogen and oxygen atoms in total. The summed E-state index contributed by atoms with van der Waals surface area (Å²) in [5, 5.41) is 15.3. The number of aryl methyl sites for hydroxylation is 1. The zero-order chi connectivity index (χ0) is 18.1. The summed E-state index contributed by atoms with van der Waals surface area (Å²) in [6.07, 6.45) is 0. The fourth-order valence-corrected chi connectivity index (χ4v) is 3.94. The molecule has 0 bridgehead atoms. The average Bonchev–Trinajstić information content (AvgIpc) is 3.05. The number of halogens is 2. The second-order valence-corrected chi connectivity index (χ2v) is 7.69. The molecule has 130 valence electrons. The fraction of sp³-hybridized carbons (Fsp3) is 0.105. The number of hydrogen-bond acceptors (Lipinski definition) is 4. The Kier molecular flexibility index (Phi) is 4.85. The van der Waals surface area contributed by atoms with Crippen LogP contribution < -0.4 is 0 Å². The van der Waals surface area contributed by atoms with Crippen LogP contribution in [0.5, 0.6) is 0 Å². The van der Waals surface area contributed by atoms with Crippen molar-refractivity contribution in [3.05, 3.63) is 75.8 Å². The molecule has 7 heteroatoms. The molecule has 0 atom stereocenters. The lowest BCUT2D eigenvalue weighted by Crippen LogP contribution is -1.97. The minimum absolute atomic E-state index is 0.635. The van der Waals surface area contributed by atoms with E-state index in [0.717, 1.165) is 27.6 Å². The van der Waals surface area contributed by atoms with Crippen molar-refractivity contribution >= 4 is 40.6 Å². The van der Waals surface area contributed by atoms with Gasteiger partial charge in [-0.2, -0.15) is 9.61 Å². The molecular weight excluding hydrogens is 387 g/mol. The predicted molar refractivity (Wildman–Crippen MR) is 107 cm³/mol. The molecule has 26 heavy (non-hydrogen) atoms. The van der Waals surface area contributed by atoms with Crippen LogP contribution in [-0.2, 0) is 5.75 Å². The van der Waals surface area contributed by atoms with Crippen LogP contribution >= 0.6 is 35.0 Å². The Morgan fingerprint density at radius 1 is 0.962 bits per heavy atom. The molecule has 4 aromatic rings. The Bertz CT molecular complexity index is 1080. The maximum Gasteiger partial charge on any atom is 0.185 e. The predicted octanol–water partition coefficient (Wildman–Crippen LogP) is 5.70. The quantitative estimate of drug-likeness (QED) is 0.412. The number of thioether (sulfide) groups is 1. The largest absolute Gasteiger partial charge is 0.192 e. The van der Waals surface area contributed by atoms with Gasteiger partial charge in [0, 0.05) is 21.4 Å². The van der Waals surface area contributed by atoms with Crippen molar-refractivity contribution in [3.8, 4) is 11.4 Å². The van der Waals surface area contributed by atoms with E-state index in [2.05, 4.69) is 34.4 Å². The molecule has 0 saturated heterocycles. The van der Waals surface area contributed by atoms with Gasteiger partial charge < -0.3 is 0 Å². The normalized spacial score (nSPS) is 11.2. The summed E-state index contributed by atoms with van der Waals surface area (Å²) in [4.78, 5) is 0. The lowest BCUT2D eigenvalue weighted by atomic mass is 10.1. The van der Waals surface area contributed by atoms with Crippen molar-refractivity contribution in [3.63, 3.8) is 0 Å². The molecule has 0 radical (unpaired) electrons. The number of fused-ring (bicyclic) bond motifs is 1. The highest BCUT2D eigenvalue weighted by atomic mass is 35.5. The van der Waals surface area contributed by atoms with E-state index in [4.69, 9.17) is 23.2 Å². The van der Waals surface area contributed by atoms with Gasteiger partial charge in [-0.15, -0.1) is 10.2 Å². The molecule has 0 amide bonds. The molecule has 0 N–H and O–H groups in total. The number of hydrogen-bond donors (Lipinski definition) is 0. The summed E-state index contributed by atoms with van der Waals surface area (Å²) in [5.74, 6) is 1.43. The minimum Gasteiger partial charge on any atom is -0.192 e. The Labute approximate surface area is 165 Å². The average molecular weight is 401 g/mol. The third-order valence-corrected chi connectivity index (χ3v) is 5.49. The first-order valence-corrected chi connectivity index (χ1v) is 9.70. The fourth-order valence-electron chi connectivity index (χ4n) is 2.52. The van der Waals surface area contributed by atoms with Gasteiger partial charge in [-0.3, -0.25) is 0 Å². The van der Waals surface area contributed by atoms with Gasteiger partial charge in [0.25, 0.3) is 0 Å². The Hall–Kier alpha value is -2.08. The van der Waals surface area contributed by atoms with Gasteiger partial charge in [0.15, 0.2) is 11.5 Å². The molecule has 0 spiro atoms. The summed E-state index contributed by atoms with van der Waals surface area (Å²) < 4.78 is 1.77. The molecule has 0 saturated carbocycles. The highest BCUT2D eigenvalue weighted by Gasteiger charge is 2.11. The maximum absolute atomic E-state index is 6.25. The van der Waals surface area contributed by atoms with E-state index in [1.54, 1.807) is 22.3 Å². The highest BCUT2D eigenvalue weighted by molar-refractivity contribution is 7.98. The van der Waals surface area contributed by atoms with Crippen LogP contribution in [0, 0.1) is 6.92 Å². The maximum atomic E-state index is 6.25. The Morgan fingerprint density at radius 2 is 1.77 bits per heavy atom. The standard InChI is InChI=1S/C19H14Cl2N4S/c1-12-2-4-13(5-3-12)19-23-22-17-8-9-18(24-25(17)19)26-11-14-6-7-15(20)10-16(14)21/h2-10H,11H2,1H3. The van der Waals surface area contributed by atoms with E-state index >= 15 is 0 Å². The first kappa shape index (κ1) is 17.3. The molecule has 2 aromatic heterocycles. The van der Waals surface area contributed by atoms with Crippen molar-refractivity contribution in [2.45, 2.75) is 17.7 Å². The SMILES string of the molecule is Cc1ccc(-c2nnc3ccc(SCc4ccc(Cl)cc4Cl)nn23)cc1. The van der Waals surface area contributed by atoms with Crippen LogP contribution in [0.3, 0.4) is 0 Å². The molecule has 0 aliphatic heterocycles. The third kappa shape index (κ3) is 3.56. The Morgan fingerprint density at radius 3 is 2.54 bits per heavy atom. The van der Waals surface area contributed by atoms with Crippen LogP contribution in [-0.4, -0.2) is 19.8 Å². The molecular formula is C19H14Cl2N4S. The van der Waals surface area contributed by atoms with Gasteiger partial charge in [0.1, 0.15) is 5.03 Å². The van der Waals surface area contributed by atoms with Gasteiger partial charge in [-0.05, 0) is 36.8 Å². The van der Waals surface area contributed by atoms with Crippen molar-refractivity contribution < 1.29 is 0 Å². The van der Waals surface area contributed by atoms with E-state index < -0.39 is 0 Å². The lowest BCUT2D eigenvalue weighted by Gasteiger charge is -2.05. The smallest absolute Gasteiger partial charge is 0.185 e. The first-order valence-electron chi connectivity index (χ1n) is 7.96. The monoisotopic (exact) mass is 400 g/mol. The van der Waals surface area contributed by atoms with Crippen molar-refractivity contribution in [2.24, 2.45) is 0 Å². The van der Waals surface area contributed by atoms with Crippen molar-refractivity contribution in [1.29, 1.82) is 0 Å². The third-order valence-electron chi connectivity index (χ3n) is 3.94. The van der Waals surface area contributed by atoms with Crippen LogP contribution in [0.2, 0.25) is 10.0 Å². The van der Waals surface area contributed by atoms with Gasteiger partial charge >= 0.3 is 0 Å². The summed E-state index contributed by atoms with van der Waals surface area (Å²) in [5.41, 5.74) is 3.92. The van der Waals surface area contributed by atoms with Crippen LogP contribution in [0.1, 0.15) is 11.1 Å². The zero-order valence-electron chi connectivity index (χ0n) is 13.9. The summed E-state index contributed by atoms with van der Waals surface area (Å²) in [6.45, 7) is 2.06. The summed E-state index contributed by atoms with van der Waals surface area (Å²) >= 11 is 13.8. The second-order valence-electron chi connectivity index (χ2n) is 5.86.